The minimum absolute atomic E-state index is 0.541. The first kappa shape index (κ1) is 20.3. The van der Waals surface area contributed by atoms with Crippen molar-refractivity contribution in [3.05, 3.63) is 56.8 Å². The zero-order valence-corrected chi connectivity index (χ0v) is 14.1. The molecule has 0 radical (unpaired) electrons. The third-order valence-corrected chi connectivity index (χ3v) is 3.28. The monoisotopic (exact) mass is 388 g/mol. The maximum Gasteiger partial charge on any atom is 0.206 e. The fourth-order valence-electron chi connectivity index (χ4n) is 1.65. The fourth-order valence-corrected chi connectivity index (χ4v) is 2.40. The lowest BCUT2D eigenvalue weighted by atomic mass is 10.2. The van der Waals surface area contributed by atoms with Crippen LogP contribution >= 0.6 is 23.2 Å². The van der Waals surface area contributed by atoms with Crippen LogP contribution in [0.15, 0.2) is 12.1 Å². The number of hydrogen-bond acceptors (Lipinski definition) is 2. The van der Waals surface area contributed by atoms with Gasteiger partial charge in [-0.05, 0) is 24.6 Å². The van der Waals surface area contributed by atoms with Crippen LogP contribution in [-0.2, 0) is 0 Å². The van der Waals surface area contributed by atoms with Gasteiger partial charge in [0.2, 0.25) is 29.1 Å². The lowest BCUT2D eigenvalue weighted by Gasteiger charge is -2.05. The highest BCUT2D eigenvalue weighted by molar-refractivity contribution is 6.37. The number of methoxy groups -OCH3 is 2. The molecule has 2 aromatic rings. The molecule has 0 N–H and O–H groups in total. The van der Waals surface area contributed by atoms with E-state index in [4.69, 9.17) is 27.9 Å². The van der Waals surface area contributed by atoms with Gasteiger partial charge >= 0.3 is 0 Å². The normalized spacial score (nSPS) is 10.1. The van der Waals surface area contributed by atoms with Crippen LogP contribution in [0.2, 0.25) is 10.0 Å². The van der Waals surface area contributed by atoms with E-state index in [-0.39, 0.29) is 0 Å². The van der Waals surface area contributed by atoms with Crippen LogP contribution in [0.4, 0.5) is 22.0 Å². The second-order valence-corrected chi connectivity index (χ2v) is 5.18. The number of rotatable bonds is 2. The Morgan fingerprint density at radius 3 is 1.33 bits per heavy atom. The van der Waals surface area contributed by atoms with E-state index in [2.05, 4.69) is 4.74 Å². The molecule has 0 unspecified atom stereocenters. The molecule has 0 amide bonds. The molecule has 0 aliphatic heterocycles. The Balaban J connectivity index is 0.000000243. The van der Waals surface area contributed by atoms with Crippen molar-refractivity contribution in [3.63, 3.8) is 0 Å². The molecule has 24 heavy (non-hydrogen) atoms. The molecule has 132 valence electrons. The maximum atomic E-state index is 12.6. The molecule has 2 rings (SSSR count). The summed E-state index contributed by atoms with van der Waals surface area (Å²) in [7, 11) is 2.35. The fraction of sp³-hybridized carbons (Fsp3) is 0.200. The van der Waals surface area contributed by atoms with Crippen molar-refractivity contribution in [1.29, 1.82) is 0 Å². The SMILES string of the molecule is COc1c(Cl)cc(C)cc1Cl.COc1c(F)c(F)c(F)c(F)c1F. The Labute approximate surface area is 144 Å². The molecular formula is C15H11Cl2F5O2. The first-order valence-electron chi connectivity index (χ1n) is 6.20. The van der Waals surface area contributed by atoms with Crippen molar-refractivity contribution >= 4 is 23.2 Å². The van der Waals surface area contributed by atoms with Crippen molar-refractivity contribution in [3.8, 4) is 11.5 Å². The third-order valence-electron chi connectivity index (χ3n) is 2.72. The van der Waals surface area contributed by atoms with Crippen molar-refractivity contribution in [2.24, 2.45) is 0 Å². The highest BCUT2D eigenvalue weighted by Gasteiger charge is 2.26. The molecule has 0 aliphatic rings. The van der Waals surface area contributed by atoms with Crippen LogP contribution in [0.5, 0.6) is 11.5 Å². The second kappa shape index (κ2) is 8.39. The Kier molecular flexibility index (Phi) is 7.10. The van der Waals surface area contributed by atoms with Crippen LogP contribution in [0.3, 0.4) is 0 Å². The van der Waals surface area contributed by atoms with Crippen molar-refractivity contribution in [2.45, 2.75) is 6.92 Å². The zero-order valence-electron chi connectivity index (χ0n) is 12.6. The van der Waals surface area contributed by atoms with Gasteiger partial charge in [0.05, 0.1) is 24.3 Å². The first-order chi connectivity index (χ1) is 11.1. The molecular weight excluding hydrogens is 378 g/mol. The van der Waals surface area contributed by atoms with Gasteiger partial charge in [-0.3, -0.25) is 0 Å². The lowest BCUT2D eigenvalue weighted by Crippen LogP contribution is -2.04. The van der Waals surface area contributed by atoms with Gasteiger partial charge in [0.1, 0.15) is 0 Å². The van der Waals surface area contributed by atoms with Crippen LogP contribution in [0.25, 0.3) is 0 Å². The van der Waals surface area contributed by atoms with E-state index in [9.17, 15) is 22.0 Å². The van der Waals surface area contributed by atoms with Crippen LogP contribution in [0, 0.1) is 36.0 Å². The summed E-state index contributed by atoms with van der Waals surface area (Å²) in [5.41, 5.74) is 1.03. The Morgan fingerprint density at radius 2 is 1.00 bits per heavy atom. The highest BCUT2D eigenvalue weighted by atomic mass is 35.5. The number of ether oxygens (including phenoxy) is 2. The van der Waals surface area contributed by atoms with Gasteiger partial charge in [-0.15, -0.1) is 0 Å². The average Bonchev–Trinajstić information content (AvgIpc) is 2.52. The van der Waals surface area contributed by atoms with Gasteiger partial charge in [-0.1, -0.05) is 23.2 Å². The molecule has 0 heterocycles. The molecule has 9 heteroatoms. The van der Waals surface area contributed by atoms with Gasteiger partial charge in [0, 0.05) is 0 Å². The maximum absolute atomic E-state index is 12.6. The average molecular weight is 389 g/mol. The zero-order chi connectivity index (χ0) is 18.6. The van der Waals surface area contributed by atoms with E-state index in [0.29, 0.717) is 15.8 Å². The van der Waals surface area contributed by atoms with E-state index in [1.54, 1.807) is 7.11 Å². The third kappa shape index (κ3) is 4.21. The van der Waals surface area contributed by atoms with Crippen LogP contribution < -0.4 is 9.47 Å². The minimum atomic E-state index is -2.20. The Morgan fingerprint density at radius 1 is 0.667 bits per heavy atom. The second-order valence-electron chi connectivity index (χ2n) is 4.36. The molecule has 0 atom stereocenters. The summed E-state index contributed by atoms with van der Waals surface area (Å²) in [6.45, 7) is 1.93. The summed E-state index contributed by atoms with van der Waals surface area (Å²) in [5, 5.41) is 1.11. The van der Waals surface area contributed by atoms with Crippen molar-refractivity contribution in [1.82, 2.24) is 0 Å². The van der Waals surface area contributed by atoms with E-state index in [1.165, 1.54) is 0 Å². The molecule has 0 aromatic heterocycles. The summed E-state index contributed by atoms with van der Waals surface area (Å²) < 4.78 is 71.1. The summed E-state index contributed by atoms with van der Waals surface area (Å²) >= 11 is 11.7. The minimum Gasteiger partial charge on any atom is -0.494 e. The molecule has 0 aliphatic carbocycles. The highest BCUT2D eigenvalue weighted by Crippen LogP contribution is 2.33. The van der Waals surface area contributed by atoms with E-state index in [1.807, 2.05) is 19.1 Å². The topological polar surface area (TPSA) is 18.5 Å². The molecule has 0 spiro atoms. The van der Waals surface area contributed by atoms with E-state index >= 15 is 0 Å². The first-order valence-corrected chi connectivity index (χ1v) is 6.96. The summed E-state index contributed by atoms with van der Waals surface area (Å²) in [6, 6.07) is 3.62. The van der Waals surface area contributed by atoms with Gasteiger partial charge in [-0.2, -0.15) is 8.78 Å². The molecule has 0 bridgehead atoms. The predicted molar refractivity (Wildman–Crippen MR) is 80.5 cm³/mol. The number of aryl methyl sites for hydroxylation is 1. The van der Waals surface area contributed by atoms with Gasteiger partial charge in [0.15, 0.2) is 11.5 Å². The van der Waals surface area contributed by atoms with Gasteiger partial charge in [-0.25, -0.2) is 13.2 Å². The largest absolute Gasteiger partial charge is 0.494 e. The smallest absolute Gasteiger partial charge is 0.206 e. The van der Waals surface area contributed by atoms with Gasteiger partial charge < -0.3 is 9.47 Å². The van der Waals surface area contributed by atoms with Crippen molar-refractivity contribution in [2.75, 3.05) is 14.2 Å². The molecule has 0 saturated heterocycles. The Hall–Kier alpha value is -1.73. The summed E-state index contributed by atoms with van der Waals surface area (Å²) in [4.78, 5) is 0. The van der Waals surface area contributed by atoms with E-state index in [0.717, 1.165) is 12.7 Å². The molecule has 0 saturated carbocycles. The number of halogens is 7. The number of benzene rings is 2. The Bertz CT molecular complexity index is 701. The number of hydrogen-bond donors (Lipinski definition) is 0. The standard InChI is InChI=1S/C8H8Cl2O.C7H3F5O/c1-5-3-6(9)8(11-2)7(10)4-5;1-13-7-5(11)3(9)2(8)4(10)6(7)12/h3-4H,1-2H3;1H3. The molecule has 0 fully saturated rings. The quantitative estimate of drug-likeness (QED) is 0.373. The van der Waals surface area contributed by atoms with Crippen LogP contribution in [-0.4, -0.2) is 14.2 Å². The predicted octanol–water partition coefficient (Wildman–Crippen LogP) is 5.70. The van der Waals surface area contributed by atoms with Crippen LogP contribution in [0.1, 0.15) is 5.56 Å². The molecule has 2 aromatic carbocycles. The molecule has 2 nitrogen and oxygen atoms in total. The van der Waals surface area contributed by atoms with Gasteiger partial charge in [0.25, 0.3) is 0 Å². The lowest BCUT2D eigenvalue weighted by molar-refractivity contribution is 0.310. The summed E-state index contributed by atoms with van der Waals surface area (Å²) in [6.07, 6.45) is 0. The summed E-state index contributed by atoms with van der Waals surface area (Å²) in [5.74, 6) is -10.9. The van der Waals surface area contributed by atoms with E-state index < -0.39 is 34.8 Å². The van der Waals surface area contributed by atoms with Crippen molar-refractivity contribution < 1.29 is 31.4 Å².